The number of hydrogen-bond donors (Lipinski definition) is 3. The molecule has 15 heavy (non-hydrogen) atoms. The van der Waals surface area contributed by atoms with Crippen LogP contribution >= 0.6 is 0 Å². The van der Waals surface area contributed by atoms with Crippen molar-refractivity contribution in [1.29, 1.82) is 0 Å². The summed E-state index contributed by atoms with van der Waals surface area (Å²) in [6.45, 7) is 4.28. The lowest BCUT2D eigenvalue weighted by atomic mass is 9.94. The lowest BCUT2D eigenvalue weighted by Crippen LogP contribution is -2.30. The minimum absolute atomic E-state index is 0.539. The number of nitrogens with two attached hydrogens (primary N) is 2. The number of hydrogen-bond acceptors (Lipinski definition) is 3. The molecule has 0 saturated carbocycles. The molecule has 1 aliphatic heterocycles. The normalized spacial score (nSPS) is 20.6. The summed E-state index contributed by atoms with van der Waals surface area (Å²) in [6, 6.07) is 0. The first-order valence-electron chi connectivity index (χ1n) is 5.86. The molecule has 0 amide bonds. The summed E-state index contributed by atoms with van der Waals surface area (Å²) in [4.78, 5) is 0. The van der Waals surface area contributed by atoms with Crippen LogP contribution in [0, 0.1) is 5.92 Å². The molecule has 1 saturated heterocycles. The summed E-state index contributed by atoms with van der Waals surface area (Å²) in [5.41, 5.74) is 13.7. The molecule has 0 aromatic rings. The third-order valence-electron chi connectivity index (χ3n) is 2.84. The van der Waals surface area contributed by atoms with E-state index in [1.807, 2.05) is 12.2 Å². The van der Waals surface area contributed by atoms with Gasteiger partial charge in [0.1, 0.15) is 0 Å². The second kappa shape index (κ2) is 6.51. The molecular formula is C12H23N3. The van der Waals surface area contributed by atoms with Crippen LogP contribution in [0.15, 0.2) is 23.5 Å². The van der Waals surface area contributed by atoms with Crippen LogP contribution in [0.5, 0.6) is 0 Å². The van der Waals surface area contributed by atoms with Crippen LogP contribution in [0.4, 0.5) is 0 Å². The summed E-state index contributed by atoms with van der Waals surface area (Å²) in [5.74, 6) is 0.539. The zero-order valence-corrected chi connectivity index (χ0v) is 9.63. The highest BCUT2D eigenvalue weighted by Crippen LogP contribution is 2.17. The van der Waals surface area contributed by atoms with E-state index in [1.54, 1.807) is 0 Å². The zero-order chi connectivity index (χ0) is 11.1. The van der Waals surface area contributed by atoms with Crippen LogP contribution in [-0.2, 0) is 0 Å². The van der Waals surface area contributed by atoms with E-state index in [0.29, 0.717) is 5.92 Å². The highest BCUT2D eigenvalue weighted by molar-refractivity contribution is 5.16. The minimum atomic E-state index is 0.539. The largest absolute Gasteiger partial charge is 0.402 e. The lowest BCUT2D eigenvalue weighted by molar-refractivity contribution is 0.417. The molecular weight excluding hydrogens is 186 g/mol. The molecule has 0 bridgehead atoms. The quantitative estimate of drug-likeness (QED) is 0.614. The highest BCUT2D eigenvalue weighted by atomic mass is 14.9. The van der Waals surface area contributed by atoms with Gasteiger partial charge in [-0.2, -0.15) is 0 Å². The topological polar surface area (TPSA) is 64.1 Å². The predicted molar refractivity (Wildman–Crippen MR) is 65.0 cm³/mol. The van der Waals surface area contributed by atoms with Crippen LogP contribution in [0.2, 0.25) is 0 Å². The van der Waals surface area contributed by atoms with E-state index in [1.165, 1.54) is 0 Å². The summed E-state index contributed by atoms with van der Waals surface area (Å²) < 4.78 is 0. The Balaban J connectivity index is 2.46. The van der Waals surface area contributed by atoms with Gasteiger partial charge in [-0.15, -0.1) is 0 Å². The molecule has 0 radical (unpaired) electrons. The van der Waals surface area contributed by atoms with Crippen molar-refractivity contribution in [3.63, 3.8) is 0 Å². The van der Waals surface area contributed by atoms with E-state index in [0.717, 1.165) is 50.2 Å². The first kappa shape index (κ1) is 12.1. The average molecular weight is 209 g/mol. The van der Waals surface area contributed by atoms with Gasteiger partial charge in [-0.25, -0.2) is 0 Å². The third kappa shape index (κ3) is 4.38. The van der Waals surface area contributed by atoms with E-state index in [2.05, 4.69) is 12.2 Å². The van der Waals surface area contributed by atoms with Gasteiger partial charge in [-0.1, -0.05) is 13.3 Å². The van der Waals surface area contributed by atoms with E-state index in [4.69, 9.17) is 11.5 Å². The fourth-order valence-electron chi connectivity index (χ4n) is 1.87. The SMILES string of the molecule is CCC/C(N)=C/C=C(\N)C1CCNCC1. The predicted octanol–water partition coefficient (Wildman–Crippen LogP) is 1.47. The molecule has 0 aromatic carbocycles. The molecule has 1 rings (SSSR count). The highest BCUT2D eigenvalue weighted by Gasteiger charge is 2.14. The molecule has 1 heterocycles. The minimum Gasteiger partial charge on any atom is -0.402 e. The van der Waals surface area contributed by atoms with Gasteiger partial charge in [0, 0.05) is 17.3 Å². The van der Waals surface area contributed by atoms with Crippen molar-refractivity contribution >= 4 is 0 Å². The molecule has 86 valence electrons. The van der Waals surface area contributed by atoms with Gasteiger partial charge in [0.2, 0.25) is 0 Å². The van der Waals surface area contributed by atoms with Gasteiger partial charge in [0.25, 0.3) is 0 Å². The Morgan fingerprint density at radius 2 is 1.93 bits per heavy atom. The Morgan fingerprint density at radius 3 is 2.53 bits per heavy atom. The number of rotatable bonds is 4. The Hall–Kier alpha value is -0.960. The van der Waals surface area contributed by atoms with Crippen molar-refractivity contribution in [3.8, 4) is 0 Å². The number of allylic oxidation sites excluding steroid dienone is 4. The first-order valence-corrected chi connectivity index (χ1v) is 5.86. The van der Waals surface area contributed by atoms with Crippen LogP contribution in [0.1, 0.15) is 32.6 Å². The van der Waals surface area contributed by atoms with Gasteiger partial charge < -0.3 is 16.8 Å². The van der Waals surface area contributed by atoms with Crippen LogP contribution in [0.25, 0.3) is 0 Å². The lowest BCUT2D eigenvalue weighted by Gasteiger charge is -2.22. The van der Waals surface area contributed by atoms with Gasteiger partial charge in [-0.05, 0) is 44.5 Å². The van der Waals surface area contributed by atoms with Gasteiger partial charge in [0.05, 0.1) is 0 Å². The molecule has 3 nitrogen and oxygen atoms in total. The standard InChI is InChI=1S/C12H23N3/c1-2-3-11(13)4-5-12(14)10-6-8-15-9-7-10/h4-5,10,15H,2-3,6-9,13-14H2,1H3/b11-4-,12-5-. The maximum Gasteiger partial charge on any atom is 0.0114 e. The molecule has 0 unspecified atom stereocenters. The third-order valence-corrected chi connectivity index (χ3v) is 2.84. The van der Waals surface area contributed by atoms with Crippen molar-refractivity contribution in [2.24, 2.45) is 17.4 Å². The number of nitrogens with one attached hydrogen (secondary N) is 1. The van der Waals surface area contributed by atoms with E-state index >= 15 is 0 Å². The van der Waals surface area contributed by atoms with Gasteiger partial charge in [-0.3, -0.25) is 0 Å². The second-order valence-corrected chi connectivity index (χ2v) is 4.18. The average Bonchev–Trinajstić information content (AvgIpc) is 2.27. The van der Waals surface area contributed by atoms with Crippen LogP contribution in [0.3, 0.4) is 0 Å². The molecule has 5 N–H and O–H groups in total. The summed E-state index contributed by atoms with van der Waals surface area (Å²) in [7, 11) is 0. The first-order chi connectivity index (χ1) is 7.24. The zero-order valence-electron chi connectivity index (χ0n) is 9.63. The molecule has 0 aliphatic carbocycles. The Morgan fingerprint density at radius 1 is 1.27 bits per heavy atom. The van der Waals surface area contributed by atoms with Gasteiger partial charge >= 0.3 is 0 Å². The van der Waals surface area contributed by atoms with Crippen molar-refractivity contribution in [1.82, 2.24) is 5.32 Å². The Labute approximate surface area is 92.6 Å². The van der Waals surface area contributed by atoms with Crippen molar-refractivity contribution in [3.05, 3.63) is 23.5 Å². The van der Waals surface area contributed by atoms with E-state index in [-0.39, 0.29) is 0 Å². The number of piperidine rings is 1. The van der Waals surface area contributed by atoms with E-state index < -0.39 is 0 Å². The monoisotopic (exact) mass is 209 g/mol. The van der Waals surface area contributed by atoms with Crippen molar-refractivity contribution < 1.29 is 0 Å². The summed E-state index contributed by atoms with van der Waals surface area (Å²) in [6.07, 6.45) is 8.27. The fraction of sp³-hybridized carbons (Fsp3) is 0.667. The smallest absolute Gasteiger partial charge is 0.0114 e. The maximum atomic E-state index is 6.03. The molecule has 1 fully saturated rings. The van der Waals surface area contributed by atoms with Crippen LogP contribution in [-0.4, -0.2) is 13.1 Å². The Bertz CT molecular complexity index is 237. The van der Waals surface area contributed by atoms with E-state index in [9.17, 15) is 0 Å². The summed E-state index contributed by atoms with van der Waals surface area (Å²) in [5, 5.41) is 3.33. The Kier molecular flexibility index (Phi) is 5.26. The maximum absolute atomic E-state index is 6.03. The van der Waals surface area contributed by atoms with Crippen molar-refractivity contribution in [2.75, 3.05) is 13.1 Å². The van der Waals surface area contributed by atoms with Crippen molar-refractivity contribution in [2.45, 2.75) is 32.6 Å². The van der Waals surface area contributed by atoms with Gasteiger partial charge in [0.15, 0.2) is 0 Å². The van der Waals surface area contributed by atoms with Crippen LogP contribution < -0.4 is 16.8 Å². The fourth-order valence-corrected chi connectivity index (χ4v) is 1.87. The molecule has 0 aromatic heterocycles. The molecule has 1 aliphatic rings. The molecule has 0 atom stereocenters. The molecule has 3 heteroatoms. The summed E-state index contributed by atoms with van der Waals surface area (Å²) >= 11 is 0. The second-order valence-electron chi connectivity index (χ2n) is 4.18. The molecule has 0 spiro atoms.